The standard InChI is InChI=1S/C12H9NS/c1-2-9-14-12-8-7-10-5-3-4-6-11(10)13-12/h1,3-8H,9H2. The van der Waals surface area contributed by atoms with Gasteiger partial charge in [-0.3, -0.25) is 0 Å². The minimum Gasteiger partial charge on any atom is -0.241 e. The average molecular weight is 199 g/mol. The Hall–Kier alpha value is -1.46. The molecule has 2 aromatic rings. The number of fused-ring (bicyclic) bond motifs is 1. The van der Waals surface area contributed by atoms with Gasteiger partial charge in [0.1, 0.15) is 0 Å². The van der Waals surface area contributed by atoms with Crippen LogP contribution >= 0.6 is 11.8 Å². The van der Waals surface area contributed by atoms with E-state index in [2.05, 4.69) is 23.0 Å². The Morgan fingerprint density at radius 2 is 2.07 bits per heavy atom. The van der Waals surface area contributed by atoms with Crippen molar-refractivity contribution in [3.63, 3.8) is 0 Å². The van der Waals surface area contributed by atoms with Crippen molar-refractivity contribution in [1.82, 2.24) is 4.98 Å². The SMILES string of the molecule is C#CCSc1ccc2ccccc2n1. The second-order valence-corrected chi connectivity index (χ2v) is 3.83. The molecule has 0 saturated heterocycles. The van der Waals surface area contributed by atoms with Crippen LogP contribution in [0.5, 0.6) is 0 Å². The van der Waals surface area contributed by atoms with Gasteiger partial charge >= 0.3 is 0 Å². The monoisotopic (exact) mass is 199 g/mol. The van der Waals surface area contributed by atoms with Crippen LogP contribution in [0.25, 0.3) is 10.9 Å². The fourth-order valence-corrected chi connectivity index (χ4v) is 1.80. The molecule has 0 amide bonds. The summed E-state index contributed by atoms with van der Waals surface area (Å²) >= 11 is 1.59. The Morgan fingerprint density at radius 3 is 2.93 bits per heavy atom. The fourth-order valence-electron chi connectivity index (χ4n) is 1.24. The van der Waals surface area contributed by atoms with E-state index in [0.717, 1.165) is 15.9 Å². The summed E-state index contributed by atoms with van der Waals surface area (Å²) in [7, 11) is 0. The molecule has 68 valence electrons. The number of nitrogens with zero attached hydrogens (tertiary/aromatic N) is 1. The van der Waals surface area contributed by atoms with Crippen LogP contribution in [-0.2, 0) is 0 Å². The summed E-state index contributed by atoms with van der Waals surface area (Å²) in [6, 6.07) is 12.1. The fraction of sp³-hybridized carbons (Fsp3) is 0.0833. The predicted octanol–water partition coefficient (Wildman–Crippen LogP) is 2.96. The first-order chi connectivity index (χ1) is 6.90. The van der Waals surface area contributed by atoms with Gasteiger partial charge in [0.05, 0.1) is 16.3 Å². The van der Waals surface area contributed by atoms with Crippen molar-refractivity contribution in [3.8, 4) is 12.3 Å². The number of para-hydroxylation sites is 1. The van der Waals surface area contributed by atoms with Crippen molar-refractivity contribution in [2.75, 3.05) is 5.75 Å². The highest BCUT2D eigenvalue weighted by Crippen LogP contribution is 2.19. The van der Waals surface area contributed by atoms with Gasteiger partial charge in [-0.1, -0.05) is 41.9 Å². The number of hydrogen-bond acceptors (Lipinski definition) is 2. The zero-order valence-corrected chi connectivity index (χ0v) is 8.42. The van der Waals surface area contributed by atoms with Crippen LogP contribution in [0, 0.1) is 12.3 Å². The van der Waals surface area contributed by atoms with Gasteiger partial charge in [-0.25, -0.2) is 4.98 Å². The molecule has 1 aromatic heterocycles. The molecule has 14 heavy (non-hydrogen) atoms. The first-order valence-electron chi connectivity index (χ1n) is 4.32. The van der Waals surface area contributed by atoms with Crippen LogP contribution in [-0.4, -0.2) is 10.7 Å². The van der Waals surface area contributed by atoms with Gasteiger partial charge in [-0.2, -0.15) is 0 Å². The minimum atomic E-state index is 0.672. The molecule has 2 heteroatoms. The Morgan fingerprint density at radius 1 is 1.21 bits per heavy atom. The summed E-state index contributed by atoms with van der Waals surface area (Å²) in [6.45, 7) is 0. The highest BCUT2D eigenvalue weighted by Gasteiger charge is 1.96. The van der Waals surface area contributed by atoms with Gasteiger partial charge in [0, 0.05) is 5.39 Å². The summed E-state index contributed by atoms with van der Waals surface area (Å²) in [6.07, 6.45) is 5.19. The molecule has 0 fully saturated rings. The van der Waals surface area contributed by atoms with E-state index in [1.54, 1.807) is 11.8 Å². The van der Waals surface area contributed by atoms with Gasteiger partial charge < -0.3 is 0 Å². The van der Waals surface area contributed by atoms with Crippen molar-refractivity contribution in [2.24, 2.45) is 0 Å². The van der Waals surface area contributed by atoms with Crippen molar-refractivity contribution in [1.29, 1.82) is 0 Å². The molecule has 0 radical (unpaired) electrons. The van der Waals surface area contributed by atoms with E-state index < -0.39 is 0 Å². The number of aromatic nitrogens is 1. The Balaban J connectivity index is 2.37. The third-order valence-corrected chi connectivity index (χ3v) is 2.71. The zero-order valence-electron chi connectivity index (χ0n) is 7.60. The van der Waals surface area contributed by atoms with Gasteiger partial charge in [0.2, 0.25) is 0 Å². The molecule has 0 unspecified atom stereocenters. The molecule has 0 aliphatic rings. The van der Waals surface area contributed by atoms with Crippen LogP contribution in [0.2, 0.25) is 0 Å². The quantitative estimate of drug-likeness (QED) is 0.545. The molecule has 1 nitrogen and oxygen atoms in total. The normalized spacial score (nSPS) is 9.93. The molecule has 0 spiro atoms. The van der Waals surface area contributed by atoms with Gasteiger partial charge in [-0.15, -0.1) is 6.42 Å². The Kier molecular flexibility index (Phi) is 2.71. The first kappa shape index (κ1) is 9.11. The van der Waals surface area contributed by atoms with E-state index >= 15 is 0 Å². The van der Waals surface area contributed by atoms with Crippen LogP contribution in [0.4, 0.5) is 0 Å². The van der Waals surface area contributed by atoms with E-state index in [9.17, 15) is 0 Å². The molecule has 0 saturated carbocycles. The van der Waals surface area contributed by atoms with E-state index in [4.69, 9.17) is 6.42 Å². The predicted molar refractivity (Wildman–Crippen MR) is 61.3 cm³/mol. The van der Waals surface area contributed by atoms with Crippen molar-refractivity contribution < 1.29 is 0 Å². The average Bonchev–Trinajstić information content (AvgIpc) is 2.26. The highest BCUT2D eigenvalue weighted by atomic mass is 32.2. The maximum Gasteiger partial charge on any atom is 0.0976 e. The lowest BCUT2D eigenvalue weighted by molar-refractivity contribution is 1.19. The summed E-state index contributed by atoms with van der Waals surface area (Å²) in [5.74, 6) is 3.26. The van der Waals surface area contributed by atoms with E-state index in [0.29, 0.717) is 5.75 Å². The lowest BCUT2D eigenvalue weighted by Gasteiger charge is -1.99. The van der Waals surface area contributed by atoms with Crippen LogP contribution in [0.3, 0.4) is 0 Å². The van der Waals surface area contributed by atoms with Crippen LogP contribution in [0.1, 0.15) is 0 Å². The number of hydrogen-bond donors (Lipinski definition) is 0. The number of pyridine rings is 1. The smallest absolute Gasteiger partial charge is 0.0976 e. The van der Waals surface area contributed by atoms with E-state index in [-0.39, 0.29) is 0 Å². The molecule has 0 atom stereocenters. The van der Waals surface area contributed by atoms with Crippen molar-refractivity contribution >= 4 is 22.7 Å². The molecule has 0 aliphatic carbocycles. The number of thioether (sulfide) groups is 1. The van der Waals surface area contributed by atoms with Crippen LogP contribution < -0.4 is 0 Å². The molecule has 2 rings (SSSR count). The molecular weight excluding hydrogens is 190 g/mol. The van der Waals surface area contributed by atoms with E-state index in [1.165, 1.54) is 0 Å². The summed E-state index contributed by atoms with van der Waals surface area (Å²) in [5.41, 5.74) is 1.02. The third-order valence-electron chi connectivity index (χ3n) is 1.88. The van der Waals surface area contributed by atoms with Gasteiger partial charge in [0.15, 0.2) is 0 Å². The molecule has 1 heterocycles. The maximum atomic E-state index is 5.19. The summed E-state index contributed by atoms with van der Waals surface area (Å²) in [5, 5.41) is 2.15. The van der Waals surface area contributed by atoms with E-state index in [1.807, 2.05) is 24.3 Å². The largest absolute Gasteiger partial charge is 0.241 e. The summed E-state index contributed by atoms with van der Waals surface area (Å²) in [4.78, 5) is 4.48. The third kappa shape index (κ3) is 1.89. The molecule has 0 N–H and O–H groups in total. The van der Waals surface area contributed by atoms with Crippen molar-refractivity contribution in [3.05, 3.63) is 36.4 Å². The molecule has 0 aliphatic heterocycles. The Bertz CT molecular complexity index is 485. The van der Waals surface area contributed by atoms with Gasteiger partial charge in [-0.05, 0) is 12.1 Å². The number of benzene rings is 1. The lowest BCUT2D eigenvalue weighted by atomic mass is 10.2. The highest BCUT2D eigenvalue weighted by molar-refractivity contribution is 7.99. The second-order valence-electron chi connectivity index (χ2n) is 2.83. The number of rotatable bonds is 2. The Labute approximate surface area is 87.5 Å². The first-order valence-corrected chi connectivity index (χ1v) is 5.31. The zero-order chi connectivity index (χ0) is 9.80. The minimum absolute atomic E-state index is 0.672. The second kappa shape index (κ2) is 4.17. The lowest BCUT2D eigenvalue weighted by Crippen LogP contribution is -1.82. The molecular formula is C12H9NS. The van der Waals surface area contributed by atoms with Gasteiger partial charge in [0.25, 0.3) is 0 Å². The van der Waals surface area contributed by atoms with Crippen LogP contribution in [0.15, 0.2) is 41.4 Å². The molecule has 0 bridgehead atoms. The van der Waals surface area contributed by atoms with Crippen molar-refractivity contribution in [2.45, 2.75) is 5.03 Å². The summed E-state index contributed by atoms with van der Waals surface area (Å²) < 4.78 is 0. The topological polar surface area (TPSA) is 12.9 Å². The maximum absolute atomic E-state index is 5.19. The number of terminal acetylenes is 1. The molecule has 1 aromatic carbocycles.